The number of rotatable bonds is 8. The Morgan fingerprint density at radius 1 is 1.19 bits per heavy atom. The Bertz CT molecular complexity index is 907. The zero-order chi connectivity index (χ0) is 22.5. The molecule has 2 aromatic rings. The highest BCUT2D eigenvalue weighted by atomic mass is 35.5. The topological polar surface area (TPSA) is 41.6 Å². The average molecular weight is 459 g/mol. The van der Waals surface area contributed by atoms with E-state index in [0.717, 1.165) is 37.8 Å². The second kappa shape index (κ2) is 10.8. The van der Waals surface area contributed by atoms with Crippen molar-refractivity contribution in [3.05, 3.63) is 70.5 Å². The van der Waals surface area contributed by atoms with Gasteiger partial charge in [-0.3, -0.25) is 4.79 Å². The highest BCUT2D eigenvalue weighted by molar-refractivity contribution is 6.30. The van der Waals surface area contributed by atoms with Crippen molar-refractivity contribution in [1.29, 1.82) is 0 Å². The molecule has 1 saturated carbocycles. The molecule has 6 heteroatoms. The smallest absolute Gasteiger partial charge is 0.223 e. The first-order valence-electron chi connectivity index (χ1n) is 11.6. The minimum absolute atomic E-state index is 0.147. The van der Waals surface area contributed by atoms with E-state index >= 15 is 0 Å². The molecule has 1 heterocycles. The van der Waals surface area contributed by atoms with Crippen LogP contribution in [0.1, 0.15) is 49.1 Å². The van der Waals surface area contributed by atoms with E-state index in [1.54, 1.807) is 19.2 Å². The largest absolute Gasteiger partial charge is 0.385 e. The van der Waals surface area contributed by atoms with Gasteiger partial charge in [-0.2, -0.15) is 0 Å². The maximum Gasteiger partial charge on any atom is 0.223 e. The van der Waals surface area contributed by atoms with Gasteiger partial charge in [0, 0.05) is 56.3 Å². The predicted octanol–water partition coefficient (Wildman–Crippen LogP) is 5.16. The lowest BCUT2D eigenvalue weighted by atomic mass is 9.66. The molecule has 0 spiro atoms. The van der Waals surface area contributed by atoms with Gasteiger partial charge in [0.15, 0.2) is 0 Å². The van der Waals surface area contributed by atoms with E-state index in [2.05, 4.69) is 22.3 Å². The second-order valence-electron chi connectivity index (χ2n) is 8.99. The number of methoxy groups -OCH3 is 1. The molecule has 4 nitrogen and oxygen atoms in total. The van der Waals surface area contributed by atoms with E-state index in [1.165, 1.54) is 11.6 Å². The summed E-state index contributed by atoms with van der Waals surface area (Å²) in [5.41, 5.74) is 2.12. The van der Waals surface area contributed by atoms with Crippen molar-refractivity contribution in [2.75, 3.05) is 20.3 Å². The van der Waals surface area contributed by atoms with Gasteiger partial charge in [0.05, 0.1) is 0 Å². The van der Waals surface area contributed by atoms with E-state index in [1.807, 2.05) is 18.2 Å². The second-order valence-corrected chi connectivity index (χ2v) is 9.43. The van der Waals surface area contributed by atoms with Crippen molar-refractivity contribution < 1.29 is 13.9 Å². The lowest BCUT2D eigenvalue weighted by molar-refractivity contribution is -0.142. The lowest BCUT2D eigenvalue weighted by Crippen LogP contribution is -2.59. The number of carbonyl (C=O) groups excluding carboxylic acids is 1. The van der Waals surface area contributed by atoms with Gasteiger partial charge in [0.25, 0.3) is 0 Å². The van der Waals surface area contributed by atoms with Crippen LogP contribution in [0.25, 0.3) is 0 Å². The van der Waals surface area contributed by atoms with E-state index < -0.39 is 0 Å². The molecule has 172 valence electrons. The maximum absolute atomic E-state index is 13.7. The van der Waals surface area contributed by atoms with Crippen LogP contribution in [0.5, 0.6) is 0 Å². The molecule has 4 rings (SSSR count). The van der Waals surface area contributed by atoms with Gasteiger partial charge in [-0.25, -0.2) is 4.39 Å². The first-order valence-corrected chi connectivity index (χ1v) is 12.0. The van der Waals surface area contributed by atoms with E-state index in [0.29, 0.717) is 30.5 Å². The summed E-state index contributed by atoms with van der Waals surface area (Å²) in [6.07, 6.45) is 4.50. The number of amides is 1. The van der Waals surface area contributed by atoms with Gasteiger partial charge in [-0.1, -0.05) is 35.9 Å². The highest BCUT2D eigenvalue weighted by Gasteiger charge is 2.47. The molecule has 2 fully saturated rings. The molecule has 1 aliphatic heterocycles. The highest BCUT2D eigenvalue weighted by Crippen LogP contribution is 2.45. The molecule has 2 aliphatic rings. The first-order chi connectivity index (χ1) is 15.6. The summed E-state index contributed by atoms with van der Waals surface area (Å²) in [4.78, 5) is 15.3. The molecule has 0 bridgehead atoms. The van der Waals surface area contributed by atoms with E-state index in [-0.39, 0.29) is 29.7 Å². The summed E-state index contributed by atoms with van der Waals surface area (Å²) in [5.74, 6) is 0.470. The molecule has 1 N–H and O–H groups in total. The molecule has 0 aromatic heterocycles. The number of nitrogens with one attached hydrogen (secondary N) is 1. The number of nitrogens with zero attached hydrogens (tertiary/aromatic N) is 1. The summed E-state index contributed by atoms with van der Waals surface area (Å²) < 4.78 is 18.9. The third kappa shape index (κ3) is 5.33. The van der Waals surface area contributed by atoms with Crippen LogP contribution in [0.2, 0.25) is 5.02 Å². The van der Waals surface area contributed by atoms with Gasteiger partial charge in [-0.05, 0) is 67.0 Å². The SMILES string of the molecule is COCCCN1C(=O)C[C@H](c2ccc(Cl)cc2)[C@H]2[C@@H](NCc3cccc(F)c3)CCC[C@H]21. The summed E-state index contributed by atoms with van der Waals surface area (Å²) in [5, 5.41) is 4.43. The van der Waals surface area contributed by atoms with Crippen LogP contribution in [0, 0.1) is 11.7 Å². The van der Waals surface area contributed by atoms with Crippen LogP contribution >= 0.6 is 11.6 Å². The van der Waals surface area contributed by atoms with Crippen LogP contribution < -0.4 is 5.32 Å². The standard InChI is InChI=1S/C26H32ClFN2O2/c1-32-14-4-13-30-24-8-3-7-23(29-17-18-5-2-6-21(28)15-18)26(24)22(16-25(30)31)19-9-11-20(27)12-10-19/h2,5-6,9-12,15,22-24,26,29H,3-4,7-8,13-14,16-17H2,1H3/t22-,23+,24-,26+/m1/s1. The van der Waals surface area contributed by atoms with Crippen LogP contribution in [0.15, 0.2) is 48.5 Å². The number of halogens is 2. The third-order valence-corrected chi connectivity index (χ3v) is 7.26. The van der Waals surface area contributed by atoms with Crippen molar-refractivity contribution >= 4 is 17.5 Å². The van der Waals surface area contributed by atoms with E-state index in [9.17, 15) is 9.18 Å². The normalized spacial score (nSPS) is 25.6. The molecule has 0 radical (unpaired) electrons. The molecule has 1 amide bonds. The summed E-state index contributed by atoms with van der Waals surface area (Å²) >= 11 is 6.14. The lowest BCUT2D eigenvalue weighted by Gasteiger charge is -2.51. The van der Waals surface area contributed by atoms with Gasteiger partial charge < -0.3 is 15.0 Å². The number of hydrogen-bond donors (Lipinski definition) is 1. The van der Waals surface area contributed by atoms with Gasteiger partial charge in [-0.15, -0.1) is 0 Å². The van der Waals surface area contributed by atoms with Crippen molar-refractivity contribution in [1.82, 2.24) is 10.2 Å². The number of hydrogen-bond acceptors (Lipinski definition) is 3. The van der Waals surface area contributed by atoms with Crippen molar-refractivity contribution in [2.45, 2.75) is 56.7 Å². The Morgan fingerprint density at radius 2 is 2.00 bits per heavy atom. The van der Waals surface area contributed by atoms with Gasteiger partial charge >= 0.3 is 0 Å². The quantitative estimate of drug-likeness (QED) is 0.555. The van der Waals surface area contributed by atoms with Crippen LogP contribution in [-0.2, 0) is 16.1 Å². The Kier molecular flexibility index (Phi) is 7.82. The number of fused-ring (bicyclic) bond motifs is 1. The monoisotopic (exact) mass is 458 g/mol. The Labute approximate surface area is 195 Å². The zero-order valence-corrected chi connectivity index (χ0v) is 19.4. The molecule has 32 heavy (non-hydrogen) atoms. The number of piperidine rings is 1. The minimum atomic E-state index is -0.211. The molecular formula is C26H32ClFN2O2. The Hall–Kier alpha value is -1.95. The first kappa shape index (κ1) is 23.2. The average Bonchev–Trinajstić information content (AvgIpc) is 2.79. The molecule has 1 aliphatic carbocycles. The maximum atomic E-state index is 13.7. The Balaban J connectivity index is 1.59. The van der Waals surface area contributed by atoms with Crippen molar-refractivity contribution in [3.63, 3.8) is 0 Å². The molecular weight excluding hydrogens is 427 g/mol. The third-order valence-electron chi connectivity index (χ3n) is 7.01. The van der Waals surface area contributed by atoms with Crippen LogP contribution in [0.4, 0.5) is 4.39 Å². The zero-order valence-electron chi connectivity index (χ0n) is 18.6. The molecule has 0 unspecified atom stereocenters. The summed E-state index contributed by atoms with van der Waals surface area (Å²) in [7, 11) is 1.70. The van der Waals surface area contributed by atoms with Crippen LogP contribution in [-0.4, -0.2) is 43.2 Å². The number of ether oxygens (including phenoxy) is 1. The van der Waals surface area contributed by atoms with Gasteiger partial charge in [0.2, 0.25) is 5.91 Å². The summed E-state index contributed by atoms with van der Waals surface area (Å²) in [6.45, 7) is 2.01. The predicted molar refractivity (Wildman–Crippen MR) is 125 cm³/mol. The number of benzene rings is 2. The fourth-order valence-corrected chi connectivity index (χ4v) is 5.72. The fourth-order valence-electron chi connectivity index (χ4n) is 5.59. The van der Waals surface area contributed by atoms with E-state index in [4.69, 9.17) is 16.3 Å². The van der Waals surface area contributed by atoms with Crippen LogP contribution in [0.3, 0.4) is 0 Å². The Morgan fingerprint density at radius 3 is 2.75 bits per heavy atom. The number of carbonyl (C=O) groups is 1. The fraction of sp³-hybridized carbons (Fsp3) is 0.500. The molecule has 4 atom stereocenters. The minimum Gasteiger partial charge on any atom is -0.385 e. The van der Waals surface area contributed by atoms with Crippen molar-refractivity contribution in [3.8, 4) is 0 Å². The van der Waals surface area contributed by atoms with Gasteiger partial charge in [0.1, 0.15) is 5.82 Å². The molecule has 1 saturated heterocycles. The summed E-state index contributed by atoms with van der Waals surface area (Å²) in [6, 6.07) is 15.2. The van der Waals surface area contributed by atoms with Crippen molar-refractivity contribution in [2.24, 2.45) is 5.92 Å². The number of likely N-dealkylation sites (tertiary alicyclic amines) is 1. The molecule has 2 aromatic carbocycles.